The van der Waals surface area contributed by atoms with E-state index in [1.54, 1.807) is 54.7 Å². The molecule has 0 bridgehead atoms. The molecule has 6 nitrogen and oxygen atoms in total. The van der Waals surface area contributed by atoms with Crippen molar-refractivity contribution in [3.63, 3.8) is 0 Å². The molecular formula is C32H32F3N3O3S. The Morgan fingerprint density at radius 3 is 2.29 bits per heavy atom. The molecule has 4 aromatic rings. The Morgan fingerprint density at radius 2 is 1.67 bits per heavy atom. The maximum atomic E-state index is 13.5. The Labute approximate surface area is 247 Å². The number of halogens is 3. The van der Waals surface area contributed by atoms with Crippen LogP contribution in [-0.2, 0) is 19.0 Å². The first-order valence-corrected chi connectivity index (χ1v) is 14.2. The number of benzene rings is 3. The molecule has 1 aromatic heterocycles. The molecule has 0 unspecified atom stereocenters. The maximum Gasteiger partial charge on any atom is 0.416 e. The van der Waals surface area contributed by atoms with Crippen LogP contribution in [0.2, 0.25) is 0 Å². The van der Waals surface area contributed by atoms with Crippen LogP contribution in [-0.4, -0.2) is 22.5 Å². The van der Waals surface area contributed by atoms with Crippen LogP contribution in [0.1, 0.15) is 58.5 Å². The Morgan fingerprint density at radius 1 is 0.952 bits per heavy atom. The number of aromatic nitrogens is 1. The minimum atomic E-state index is -4.45. The lowest BCUT2D eigenvalue weighted by atomic mass is 9.93. The summed E-state index contributed by atoms with van der Waals surface area (Å²) in [5.74, 6) is -0.0588. The third-order valence-electron chi connectivity index (χ3n) is 6.33. The third kappa shape index (κ3) is 7.97. The van der Waals surface area contributed by atoms with Crippen molar-refractivity contribution in [2.75, 3.05) is 5.32 Å². The second kappa shape index (κ2) is 12.4. The summed E-state index contributed by atoms with van der Waals surface area (Å²) >= 11 is 1.55. The maximum absolute atomic E-state index is 13.5. The van der Waals surface area contributed by atoms with E-state index in [0.717, 1.165) is 28.4 Å². The van der Waals surface area contributed by atoms with E-state index in [4.69, 9.17) is 4.74 Å². The fraction of sp³-hybridized carbons (Fsp3) is 0.281. The summed E-state index contributed by atoms with van der Waals surface area (Å²) < 4.78 is 45.0. The lowest BCUT2D eigenvalue weighted by Crippen LogP contribution is -2.42. The molecule has 0 radical (unpaired) electrons. The van der Waals surface area contributed by atoms with Gasteiger partial charge in [-0.1, -0.05) is 24.3 Å². The highest BCUT2D eigenvalue weighted by Gasteiger charge is 2.30. The van der Waals surface area contributed by atoms with Crippen molar-refractivity contribution in [1.29, 1.82) is 0 Å². The number of thiazole rings is 1. The lowest BCUT2D eigenvalue weighted by molar-refractivity contribution is -0.137. The molecule has 0 atom stereocenters. The molecule has 4 rings (SSSR count). The van der Waals surface area contributed by atoms with Gasteiger partial charge in [-0.2, -0.15) is 13.2 Å². The molecular weight excluding hydrogens is 563 g/mol. The van der Waals surface area contributed by atoms with Gasteiger partial charge in [0.05, 0.1) is 16.3 Å². The quantitative estimate of drug-likeness (QED) is 0.225. The van der Waals surface area contributed by atoms with Crippen LogP contribution in [0.5, 0.6) is 5.75 Å². The van der Waals surface area contributed by atoms with Gasteiger partial charge in [0.2, 0.25) is 0 Å². The molecule has 2 N–H and O–H groups in total. The van der Waals surface area contributed by atoms with Crippen molar-refractivity contribution in [2.24, 2.45) is 0 Å². The number of nitrogens with one attached hydrogen (secondary N) is 2. The van der Waals surface area contributed by atoms with Crippen molar-refractivity contribution in [1.82, 2.24) is 10.3 Å². The summed E-state index contributed by atoms with van der Waals surface area (Å²) in [6.07, 6.45) is -3.93. The van der Waals surface area contributed by atoms with Gasteiger partial charge in [-0.05, 0) is 106 Å². The largest absolute Gasteiger partial charge is 0.416 e. The predicted octanol–water partition coefficient (Wildman–Crippen LogP) is 8.37. The molecule has 3 aromatic carbocycles. The molecule has 10 heteroatoms. The molecule has 0 fully saturated rings. The minimum Gasteiger partial charge on any atom is -0.410 e. The zero-order valence-electron chi connectivity index (χ0n) is 24.0. The first kappa shape index (κ1) is 30.8. The van der Waals surface area contributed by atoms with Crippen molar-refractivity contribution in [2.45, 2.75) is 59.2 Å². The van der Waals surface area contributed by atoms with Crippen molar-refractivity contribution >= 4 is 29.0 Å². The van der Waals surface area contributed by atoms with Gasteiger partial charge < -0.3 is 15.4 Å². The normalized spacial score (nSPS) is 11.7. The number of alkyl halides is 3. The summed E-state index contributed by atoms with van der Waals surface area (Å²) in [6.45, 7) is 9.28. The first-order chi connectivity index (χ1) is 19.7. The summed E-state index contributed by atoms with van der Waals surface area (Å²) in [7, 11) is 0. The summed E-state index contributed by atoms with van der Waals surface area (Å²) in [5, 5.41) is 8.61. The number of nitrogens with zero attached hydrogens (tertiary/aromatic N) is 1. The van der Waals surface area contributed by atoms with Gasteiger partial charge in [0.15, 0.2) is 0 Å². The van der Waals surface area contributed by atoms with Gasteiger partial charge in [-0.25, -0.2) is 9.78 Å². The second-order valence-electron chi connectivity index (χ2n) is 11.0. The van der Waals surface area contributed by atoms with E-state index >= 15 is 0 Å². The summed E-state index contributed by atoms with van der Waals surface area (Å²) in [6, 6.07) is 14.9. The van der Waals surface area contributed by atoms with Crippen LogP contribution in [0.3, 0.4) is 0 Å². The molecule has 0 aliphatic carbocycles. The zero-order chi connectivity index (χ0) is 30.7. The van der Waals surface area contributed by atoms with Gasteiger partial charge in [0.25, 0.3) is 5.91 Å². The van der Waals surface area contributed by atoms with Crippen LogP contribution in [0.15, 0.2) is 66.0 Å². The molecule has 2 amide bonds. The van der Waals surface area contributed by atoms with Gasteiger partial charge in [0.1, 0.15) is 5.75 Å². The van der Waals surface area contributed by atoms with E-state index in [-0.39, 0.29) is 0 Å². The number of carbonyl (C=O) groups is 2. The SMILES string of the molecule is Cc1nc(CCc2cc(NC(=O)c3cccc(C)c3-c3ccc(C(F)(F)F)cc3)ccc2OC(=O)NC(C)(C)C)cs1. The number of anilines is 1. The molecule has 0 aliphatic heterocycles. The Balaban J connectivity index is 1.61. The number of carbonyl (C=O) groups excluding carboxylic acids is 2. The Hall–Kier alpha value is -4.18. The van der Waals surface area contributed by atoms with E-state index in [1.807, 2.05) is 33.1 Å². The summed E-state index contributed by atoms with van der Waals surface area (Å²) in [5.41, 5.74) is 2.96. The highest BCUT2D eigenvalue weighted by molar-refractivity contribution is 7.09. The van der Waals surface area contributed by atoms with Gasteiger partial charge in [-0.15, -0.1) is 11.3 Å². The Kier molecular flexibility index (Phi) is 9.06. The lowest BCUT2D eigenvalue weighted by Gasteiger charge is -2.21. The molecule has 0 aliphatic rings. The zero-order valence-corrected chi connectivity index (χ0v) is 24.8. The molecule has 0 spiro atoms. The average molecular weight is 596 g/mol. The van der Waals surface area contributed by atoms with E-state index < -0.39 is 29.3 Å². The second-order valence-corrected chi connectivity index (χ2v) is 12.0. The van der Waals surface area contributed by atoms with Gasteiger partial charge in [0, 0.05) is 22.2 Å². The molecule has 220 valence electrons. The standard InChI is InChI=1S/C32H32F3N3O3S/c1-19-7-6-8-26(28(19)21-9-12-23(13-10-21)32(33,34)35)29(39)37-24-15-16-27(41-30(40)38-31(3,4)5)22(17-24)11-14-25-18-42-20(2)36-25/h6-10,12-13,15-18H,11,14H2,1-5H3,(H,37,39)(H,38,40). The average Bonchev–Trinajstić information content (AvgIpc) is 3.32. The van der Waals surface area contributed by atoms with Crippen molar-refractivity contribution in [3.05, 3.63) is 99.0 Å². The monoisotopic (exact) mass is 595 g/mol. The summed E-state index contributed by atoms with van der Waals surface area (Å²) in [4.78, 5) is 30.5. The highest BCUT2D eigenvalue weighted by atomic mass is 32.1. The topological polar surface area (TPSA) is 80.3 Å². The number of aryl methyl sites for hydroxylation is 4. The number of hydrogen-bond acceptors (Lipinski definition) is 5. The molecule has 42 heavy (non-hydrogen) atoms. The smallest absolute Gasteiger partial charge is 0.410 e. The Bertz CT molecular complexity index is 1590. The number of hydrogen-bond donors (Lipinski definition) is 2. The molecule has 0 saturated carbocycles. The fourth-order valence-electron chi connectivity index (χ4n) is 4.43. The number of amides is 2. The van der Waals surface area contributed by atoms with E-state index in [9.17, 15) is 22.8 Å². The van der Waals surface area contributed by atoms with Crippen molar-refractivity contribution in [3.8, 4) is 16.9 Å². The van der Waals surface area contributed by atoms with Crippen LogP contribution in [0.25, 0.3) is 11.1 Å². The first-order valence-electron chi connectivity index (χ1n) is 13.3. The number of ether oxygens (including phenoxy) is 1. The molecule has 1 heterocycles. The highest BCUT2D eigenvalue weighted by Crippen LogP contribution is 2.34. The minimum absolute atomic E-state index is 0.319. The van der Waals surface area contributed by atoms with E-state index in [2.05, 4.69) is 15.6 Å². The van der Waals surface area contributed by atoms with Crippen molar-refractivity contribution < 1.29 is 27.5 Å². The fourth-order valence-corrected chi connectivity index (χ4v) is 5.08. The van der Waals surface area contributed by atoms with Gasteiger partial charge in [-0.3, -0.25) is 4.79 Å². The van der Waals surface area contributed by atoms with Gasteiger partial charge >= 0.3 is 12.3 Å². The van der Waals surface area contributed by atoms with E-state index in [0.29, 0.717) is 46.5 Å². The number of rotatable bonds is 7. The van der Waals surface area contributed by atoms with Crippen LogP contribution < -0.4 is 15.4 Å². The third-order valence-corrected chi connectivity index (χ3v) is 7.16. The van der Waals surface area contributed by atoms with Crippen LogP contribution >= 0.6 is 11.3 Å². The molecule has 0 saturated heterocycles. The van der Waals surface area contributed by atoms with Crippen LogP contribution in [0.4, 0.5) is 23.7 Å². The predicted molar refractivity (Wildman–Crippen MR) is 159 cm³/mol. The van der Waals surface area contributed by atoms with Crippen LogP contribution in [0, 0.1) is 13.8 Å². The van der Waals surface area contributed by atoms with E-state index in [1.165, 1.54) is 12.1 Å².